The van der Waals surface area contributed by atoms with E-state index in [4.69, 9.17) is 10.00 Å². The monoisotopic (exact) mass is 218 g/mol. The molecule has 1 atom stereocenters. The molecule has 0 saturated heterocycles. The third-order valence-electron chi connectivity index (χ3n) is 2.75. The summed E-state index contributed by atoms with van der Waals surface area (Å²) < 4.78 is 5.11. The van der Waals surface area contributed by atoms with E-state index in [1.54, 1.807) is 7.11 Å². The molecule has 3 heteroatoms. The smallest absolute Gasteiger partial charge is 0.118 e. The lowest BCUT2D eigenvalue weighted by atomic mass is 9.82. The molecule has 0 aromatic heterocycles. The number of nitrogens with zero attached hydrogens (tertiary/aromatic N) is 1. The standard InChI is InChI=1S/C13H18N2O/c1-13(2,9-14)12(15-3)10-5-7-11(16-4)8-6-10/h5-8,12,15H,1-4H3. The average Bonchev–Trinajstić information content (AvgIpc) is 2.30. The van der Waals surface area contributed by atoms with E-state index >= 15 is 0 Å². The second-order valence-electron chi connectivity index (χ2n) is 4.33. The number of benzene rings is 1. The molecule has 0 aliphatic carbocycles. The first-order chi connectivity index (χ1) is 7.55. The van der Waals surface area contributed by atoms with Gasteiger partial charge in [0.25, 0.3) is 0 Å². The lowest BCUT2D eigenvalue weighted by Crippen LogP contribution is -2.30. The summed E-state index contributed by atoms with van der Waals surface area (Å²) in [5, 5.41) is 12.3. The molecule has 0 aliphatic heterocycles. The van der Waals surface area contributed by atoms with Crippen molar-refractivity contribution in [1.29, 1.82) is 5.26 Å². The molecule has 0 fully saturated rings. The van der Waals surface area contributed by atoms with Gasteiger partial charge in [-0.05, 0) is 38.6 Å². The van der Waals surface area contributed by atoms with E-state index in [0.29, 0.717) is 0 Å². The molecular formula is C13H18N2O. The van der Waals surface area contributed by atoms with Crippen molar-refractivity contribution in [2.24, 2.45) is 5.41 Å². The molecule has 0 bridgehead atoms. The Bertz CT molecular complexity index is 376. The van der Waals surface area contributed by atoms with E-state index in [2.05, 4.69) is 11.4 Å². The van der Waals surface area contributed by atoms with E-state index in [1.165, 1.54) is 0 Å². The first-order valence-corrected chi connectivity index (χ1v) is 5.27. The van der Waals surface area contributed by atoms with Crippen molar-refractivity contribution in [3.05, 3.63) is 29.8 Å². The fourth-order valence-corrected chi connectivity index (χ4v) is 1.81. The van der Waals surface area contributed by atoms with Crippen molar-refractivity contribution in [2.45, 2.75) is 19.9 Å². The first-order valence-electron chi connectivity index (χ1n) is 5.27. The van der Waals surface area contributed by atoms with Crippen molar-refractivity contribution >= 4 is 0 Å². The predicted molar refractivity (Wildman–Crippen MR) is 64.2 cm³/mol. The zero-order chi connectivity index (χ0) is 12.2. The number of nitriles is 1. The van der Waals surface area contributed by atoms with Gasteiger partial charge < -0.3 is 10.1 Å². The topological polar surface area (TPSA) is 45.0 Å². The van der Waals surface area contributed by atoms with Crippen LogP contribution in [0.25, 0.3) is 0 Å². The molecular weight excluding hydrogens is 200 g/mol. The van der Waals surface area contributed by atoms with Gasteiger partial charge in [-0.25, -0.2) is 0 Å². The Kier molecular flexibility index (Phi) is 3.92. The fraction of sp³-hybridized carbons (Fsp3) is 0.462. The average molecular weight is 218 g/mol. The molecule has 86 valence electrons. The van der Waals surface area contributed by atoms with Crippen LogP contribution in [0.15, 0.2) is 24.3 Å². The molecule has 0 amide bonds. The van der Waals surface area contributed by atoms with Gasteiger partial charge in [0.1, 0.15) is 5.75 Å². The normalized spacial score (nSPS) is 12.9. The van der Waals surface area contributed by atoms with Gasteiger partial charge in [0.2, 0.25) is 0 Å². The highest BCUT2D eigenvalue weighted by Crippen LogP contribution is 2.32. The maximum atomic E-state index is 9.14. The van der Waals surface area contributed by atoms with E-state index < -0.39 is 5.41 Å². The largest absolute Gasteiger partial charge is 0.497 e. The zero-order valence-electron chi connectivity index (χ0n) is 10.2. The first kappa shape index (κ1) is 12.5. The third-order valence-corrected chi connectivity index (χ3v) is 2.75. The van der Waals surface area contributed by atoms with Crippen molar-refractivity contribution < 1.29 is 4.74 Å². The molecule has 0 heterocycles. The van der Waals surface area contributed by atoms with Gasteiger partial charge in [0.05, 0.1) is 24.6 Å². The summed E-state index contributed by atoms with van der Waals surface area (Å²) in [5.74, 6) is 0.827. The Morgan fingerprint density at radius 3 is 2.25 bits per heavy atom. The number of nitrogens with one attached hydrogen (secondary N) is 1. The number of methoxy groups -OCH3 is 1. The quantitative estimate of drug-likeness (QED) is 0.844. The van der Waals surface area contributed by atoms with Gasteiger partial charge in [0, 0.05) is 0 Å². The summed E-state index contributed by atoms with van der Waals surface area (Å²) in [7, 11) is 3.51. The van der Waals surface area contributed by atoms with E-state index in [-0.39, 0.29) is 6.04 Å². The van der Waals surface area contributed by atoms with Crippen molar-refractivity contribution in [2.75, 3.05) is 14.2 Å². The van der Waals surface area contributed by atoms with Gasteiger partial charge in [-0.15, -0.1) is 0 Å². The summed E-state index contributed by atoms with van der Waals surface area (Å²) in [5.41, 5.74) is 0.651. The highest BCUT2D eigenvalue weighted by molar-refractivity contribution is 5.31. The molecule has 0 aliphatic rings. The molecule has 1 aromatic carbocycles. The fourth-order valence-electron chi connectivity index (χ4n) is 1.81. The second-order valence-corrected chi connectivity index (χ2v) is 4.33. The van der Waals surface area contributed by atoms with Gasteiger partial charge >= 0.3 is 0 Å². The number of hydrogen-bond donors (Lipinski definition) is 1. The van der Waals surface area contributed by atoms with Crippen LogP contribution in [0.4, 0.5) is 0 Å². The van der Waals surface area contributed by atoms with Crippen LogP contribution >= 0.6 is 0 Å². The summed E-state index contributed by atoms with van der Waals surface area (Å²) in [4.78, 5) is 0. The van der Waals surface area contributed by atoms with Crippen LogP contribution in [0, 0.1) is 16.7 Å². The highest BCUT2D eigenvalue weighted by atomic mass is 16.5. The van der Waals surface area contributed by atoms with Crippen molar-refractivity contribution in [3.8, 4) is 11.8 Å². The molecule has 1 unspecified atom stereocenters. The molecule has 0 spiro atoms. The van der Waals surface area contributed by atoms with Crippen LogP contribution in [0.5, 0.6) is 5.75 Å². The number of hydrogen-bond acceptors (Lipinski definition) is 3. The van der Waals surface area contributed by atoms with Crippen LogP contribution in [0.2, 0.25) is 0 Å². The summed E-state index contributed by atoms with van der Waals surface area (Å²) >= 11 is 0. The van der Waals surface area contributed by atoms with Crippen LogP contribution in [0.1, 0.15) is 25.5 Å². The van der Waals surface area contributed by atoms with Crippen LogP contribution < -0.4 is 10.1 Å². The zero-order valence-corrected chi connectivity index (χ0v) is 10.2. The summed E-state index contributed by atoms with van der Waals surface area (Å²) in [6.07, 6.45) is 0. The number of rotatable bonds is 4. The predicted octanol–water partition coefficient (Wildman–Crippen LogP) is 2.51. The van der Waals surface area contributed by atoms with Crippen LogP contribution in [-0.4, -0.2) is 14.2 Å². The Morgan fingerprint density at radius 1 is 1.31 bits per heavy atom. The Balaban J connectivity index is 3.01. The molecule has 1 aromatic rings. The highest BCUT2D eigenvalue weighted by Gasteiger charge is 2.29. The molecule has 1 N–H and O–H groups in total. The van der Waals surface area contributed by atoms with Crippen LogP contribution in [0.3, 0.4) is 0 Å². The maximum Gasteiger partial charge on any atom is 0.118 e. The lowest BCUT2D eigenvalue weighted by molar-refractivity contribution is 0.343. The summed E-state index contributed by atoms with van der Waals surface area (Å²) in [6, 6.07) is 10.1. The molecule has 1 rings (SSSR count). The Labute approximate surface area is 97.0 Å². The van der Waals surface area contributed by atoms with Gasteiger partial charge in [-0.3, -0.25) is 0 Å². The van der Waals surface area contributed by atoms with Gasteiger partial charge in [0.15, 0.2) is 0 Å². The van der Waals surface area contributed by atoms with Crippen molar-refractivity contribution in [3.63, 3.8) is 0 Å². The maximum absolute atomic E-state index is 9.14. The lowest BCUT2D eigenvalue weighted by Gasteiger charge is -2.28. The molecule has 0 saturated carbocycles. The third kappa shape index (κ3) is 2.53. The van der Waals surface area contributed by atoms with Crippen LogP contribution in [-0.2, 0) is 0 Å². The molecule has 0 radical (unpaired) electrons. The Morgan fingerprint density at radius 2 is 1.88 bits per heavy atom. The second kappa shape index (κ2) is 5.00. The minimum absolute atomic E-state index is 0.0170. The minimum Gasteiger partial charge on any atom is -0.497 e. The Hall–Kier alpha value is -1.53. The summed E-state index contributed by atoms with van der Waals surface area (Å²) in [6.45, 7) is 3.86. The van der Waals surface area contributed by atoms with E-state index in [1.807, 2.05) is 45.2 Å². The number of ether oxygens (including phenoxy) is 1. The molecule has 16 heavy (non-hydrogen) atoms. The van der Waals surface area contributed by atoms with Gasteiger partial charge in [-0.2, -0.15) is 5.26 Å². The minimum atomic E-state index is -0.441. The van der Waals surface area contributed by atoms with E-state index in [9.17, 15) is 0 Å². The molecule has 3 nitrogen and oxygen atoms in total. The van der Waals surface area contributed by atoms with Gasteiger partial charge in [-0.1, -0.05) is 12.1 Å². The van der Waals surface area contributed by atoms with Crippen molar-refractivity contribution in [1.82, 2.24) is 5.32 Å². The SMILES string of the molecule is CNC(c1ccc(OC)cc1)C(C)(C)C#N. The van der Waals surface area contributed by atoms with E-state index in [0.717, 1.165) is 11.3 Å².